The Morgan fingerprint density at radius 3 is 2.50 bits per heavy atom. The third-order valence-corrected chi connectivity index (χ3v) is 8.04. The molecule has 0 atom stereocenters. The Hall–Kier alpha value is -4.19. The van der Waals surface area contributed by atoms with E-state index in [1.807, 2.05) is 25.8 Å². The highest BCUT2D eigenvalue weighted by Crippen LogP contribution is 2.37. The summed E-state index contributed by atoms with van der Waals surface area (Å²) in [5.41, 5.74) is 4.49. The Kier molecular flexibility index (Phi) is 8.09. The van der Waals surface area contributed by atoms with Crippen molar-refractivity contribution in [3.8, 4) is 16.9 Å². The molecule has 1 amide bonds. The van der Waals surface area contributed by atoms with Crippen molar-refractivity contribution in [3.63, 3.8) is 0 Å². The highest BCUT2D eigenvalue weighted by atomic mass is 19.4. The van der Waals surface area contributed by atoms with Crippen molar-refractivity contribution in [2.45, 2.75) is 39.8 Å². The quantitative estimate of drug-likeness (QED) is 0.301. The van der Waals surface area contributed by atoms with Crippen molar-refractivity contribution >= 4 is 17.3 Å². The van der Waals surface area contributed by atoms with Gasteiger partial charge >= 0.3 is 6.18 Å². The lowest BCUT2D eigenvalue weighted by atomic mass is 10.0. The molecule has 1 N–H and O–H groups in total. The van der Waals surface area contributed by atoms with E-state index in [-0.39, 0.29) is 11.3 Å². The molecule has 5 rings (SSSR count). The molecule has 0 aliphatic carbocycles. The molecule has 0 spiro atoms. The molecule has 2 aromatic carbocycles. The molecule has 1 fully saturated rings. The molecule has 9 nitrogen and oxygen atoms in total. The Balaban J connectivity index is 1.41. The molecule has 0 unspecified atom stereocenters. The Morgan fingerprint density at radius 2 is 1.83 bits per heavy atom. The number of likely N-dealkylation sites (tertiary alicyclic amines) is 1. The molecule has 1 aliphatic rings. The van der Waals surface area contributed by atoms with Gasteiger partial charge in [0.25, 0.3) is 5.91 Å². The Bertz CT molecular complexity index is 1600. The van der Waals surface area contributed by atoms with Gasteiger partial charge in [-0.1, -0.05) is 11.3 Å². The summed E-state index contributed by atoms with van der Waals surface area (Å²) in [6.07, 6.45) is 1.20. The SMILES string of the molecule is Cc1ccc(C(=O)Nc2cc(C(F)(F)F)cc(N(C)CCN3CCCC3)c2C)cc1-n1cc(-c2cnn(C)c2C)nn1. The van der Waals surface area contributed by atoms with Crippen molar-refractivity contribution < 1.29 is 18.0 Å². The molecule has 222 valence electrons. The van der Waals surface area contributed by atoms with Crippen molar-refractivity contribution in [2.75, 3.05) is 43.4 Å². The van der Waals surface area contributed by atoms with Gasteiger partial charge in [0.15, 0.2) is 0 Å². The number of aryl methyl sites for hydroxylation is 2. The van der Waals surface area contributed by atoms with E-state index in [1.54, 1.807) is 53.9 Å². The van der Waals surface area contributed by atoms with Gasteiger partial charge in [0, 0.05) is 55.4 Å². The number of nitrogens with zero attached hydrogens (tertiary/aromatic N) is 7. The fourth-order valence-corrected chi connectivity index (χ4v) is 5.25. The van der Waals surface area contributed by atoms with E-state index in [4.69, 9.17) is 0 Å². The molecule has 0 saturated carbocycles. The van der Waals surface area contributed by atoms with Crippen molar-refractivity contribution in [3.05, 3.63) is 70.7 Å². The van der Waals surface area contributed by atoms with Gasteiger partial charge in [0.2, 0.25) is 0 Å². The van der Waals surface area contributed by atoms with Crippen LogP contribution < -0.4 is 10.2 Å². The number of alkyl halides is 3. The third kappa shape index (κ3) is 6.03. The Labute approximate surface area is 242 Å². The lowest BCUT2D eigenvalue weighted by Gasteiger charge is -2.27. The van der Waals surface area contributed by atoms with Gasteiger partial charge in [-0.2, -0.15) is 18.3 Å². The maximum Gasteiger partial charge on any atom is 0.416 e. The van der Waals surface area contributed by atoms with Crippen LogP contribution in [0.1, 0.15) is 45.6 Å². The first kappa shape index (κ1) is 29.3. The zero-order valence-electron chi connectivity index (χ0n) is 24.5. The van der Waals surface area contributed by atoms with Crippen LogP contribution in [0.2, 0.25) is 0 Å². The summed E-state index contributed by atoms with van der Waals surface area (Å²) in [4.78, 5) is 17.5. The van der Waals surface area contributed by atoms with Gasteiger partial charge in [-0.3, -0.25) is 9.48 Å². The van der Waals surface area contributed by atoms with E-state index >= 15 is 0 Å². The molecule has 0 radical (unpaired) electrons. The van der Waals surface area contributed by atoms with Gasteiger partial charge in [-0.25, -0.2) is 4.68 Å². The number of amides is 1. The zero-order chi connectivity index (χ0) is 30.2. The molecular formula is C30H35F3N8O. The highest BCUT2D eigenvalue weighted by Gasteiger charge is 2.33. The summed E-state index contributed by atoms with van der Waals surface area (Å²) in [6.45, 7) is 8.91. The number of aromatic nitrogens is 5. The van der Waals surface area contributed by atoms with Gasteiger partial charge < -0.3 is 15.1 Å². The summed E-state index contributed by atoms with van der Waals surface area (Å²) < 4.78 is 45.1. The lowest BCUT2D eigenvalue weighted by molar-refractivity contribution is -0.137. The standard InChI is InChI=1S/C30H35F3N8O/c1-19-8-9-22(14-27(19)41-18-26(36-37-41)24-17-34-39(5)21(24)3)29(42)35-25-15-23(30(31,32)33)16-28(20(25)2)38(4)12-13-40-10-6-7-11-40/h8-9,14-18H,6-7,10-13H2,1-5H3,(H,35,42). The minimum absolute atomic E-state index is 0.120. The number of rotatable bonds is 8. The molecule has 3 heterocycles. The summed E-state index contributed by atoms with van der Waals surface area (Å²) >= 11 is 0. The van der Waals surface area contributed by atoms with Gasteiger partial charge in [0.1, 0.15) is 5.69 Å². The van der Waals surface area contributed by atoms with E-state index in [0.717, 1.165) is 61.4 Å². The van der Waals surface area contributed by atoms with Crippen molar-refractivity contribution in [2.24, 2.45) is 7.05 Å². The molecule has 2 aromatic heterocycles. The second-order valence-electron chi connectivity index (χ2n) is 10.9. The normalized spacial score (nSPS) is 14.0. The van der Waals surface area contributed by atoms with Crippen molar-refractivity contribution in [1.82, 2.24) is 29.7 Å². The Morgan fingerprint density at radius 1 is 1.10 bits per heavy atom. The molecule has 0 bridgehead atoms. The van der Waals surface area contributed by atoms with Crippen LogP contribution in [0.15, 0.2) is 42.7 Å². The van der Waals surface area contributed by atoms with Gasteiger partial charge in [-0.05, 0) is 82.1 Å². The number of hydrogen-bond donors (Lipinski definition) is 1. The number of nitrogens with one attached hydrogen (secondary N) is 1. The summed E-state index contributed by atoms with van der Waals surface area (Å²) in [5.74, 6) is -0.521. The number of carbonyl (C=O) groups excluding carboxylic acids is 1. The minimum Gasteiger partial charge on any atom is -0.373 e. The van der Waals surface area contributed by atoms with Crippen LogP contribution in [0.3, 0.4) is 0 Å². The van der Waals surface area contributed by atoms with E-state index < -0.39 is 17.6 Å². The summed E-state index contributed by atoms with van der Waals surface area (Å²) in [6, 6.07) is 7.23. The lowest BCUT2D eigenvalue weighted by Crippen LogP contribution is -2.32. The van der Waals surface area contributed by atoms with Crippen LogP contribution in [0, 0.1) is 20.8 Å². The number of halogens is 3. The number of hydrogen-bond acceptors (Lipinski definition) is 6. The first-order valence-electron chi connectivity index (χ1n) is 13.9. The van der Waals surface area contributed by atoms with Crippen LogP contribution in [-0.4, -0.2) is 68.8 Å². The zero-order valence-corrected chi connectivity index (χ0v) is 24.5. The van der Waals surface area contributed by atoms with E-state index in [1.165, 1.54) is 0 Å². The predicted molar refractivity (Wildman–Crippen MR) is 156 cm³/mol. The number of likely N-dealkylation sites (N-methyl/N-ethyl adjacent to an activating group) is 1. The topological polar surface area (TPSA) is 84.1 Å². The maximum atomic E-state index is 13.9. The molecule has 1 saturated heterocycles. The highest BCUT2D eigenvalue weighted by molar-refractivity contribution is 6.05. The second kappa shape index (κ2) is 11.6. The van der Waals surface area contributed by atoms with E-state index in [9.17, 15) is 18.0 Å². The first-order chi connectivity index (χ1) is 19.9. The van der Waals surface area contributed by atoms with Crippen LogP contribution >= 0.6 is 0 Å². The van der Waals surface area contributed by atoms with Crippen molar-refractivity contribution in [1.29, 1.82) is 0 Å². The average Bonchev–Trinajstić information content (AvgIpc) is 3.71. The molecule has 12 heteroatoms. The van der Waals surface area contributed by atoms with Gasteiger partial charge in [-0.15, -0.1) is 5.10 Å². The summed E-state index contributed by atoms with van der Waals surface area (Å²) in [5, 5.41) is 15.5. The van der Waals surface area contributed by atoms with Crippen LogP contribution in [0.25, 0.3) is 16.9 Å². The predicted octanol–water partition coefficient (Wildman–Crippen LogP) is 5.40. The number of benzene rings is 2. The smallest absolute Gasteiger partial charge is 0.373 e. The molecular weight excluding hydrogens is 545 g/mol. The fourth-order valence-electron chi connectivity index (χ4n) is 5.25. The number of carbonyl (C=O) groups is 1. The van der Waals surface area contributed by atoms with E-state index in [2.05, 4.69) is 25.6 Å². The molecule has 42 heavy (non-hydrogen) atoms. The minimum atomic E-state index is -4.56. The molecule has 1 aliphatic heterocycles. The van der Waals surface area contributed by atoms with Crippen LogP contribution in [0.4, 0.5) is 24.5 Å². The van der Waals surface area contributed by atoms with Crippen LogP contribution in [0.5, 0.6) is 0 Å². The largest absolute Gasteiger partial charge is 0.416 e. The monoisotopic (exact) mass is 580 g/mol. The molecule has 4 aromatic rings. The van der Waals surface area contributed by atoms with Crippen LogP contribution in [-0.2, 0) is 13.2 Å². The fraction of sp³-hybridized carbons (Fsp3) is 0.400. The first-order valence-corrected chi connectivity index (χ1v) is 13.9. The van der Waals surface area contributed by atoms with Gasteiger partial charge in [0.05, 0.1) is 23.6 Å². The second-order valence-corrected chi connectivity index (χ2v) is 10.9. The average molecular weight is 581 g/mol. The third-order valence-electron chi connectivity index (χ3n) is 8.04. The maximum absolute atomic E-state index is 13.9. The number of anilines is 2. The summed E-state index contributed by atoms with van der Waals surface area (Å²) in [7, 11) is 3.63. The van der Waals surface area contributed by atoms with E-state index in [0.29, 0.717) is 29.2 Å².